The molecule has 3 atom stereocenters. The first kappa shape index (κ1) is 43.1. The first-order valence-electron chi connectivity index (χ1n) is 23.0. The van der Waals surface area contributed by atoms with E-state index in [-0.39, 0.29) is 0 Å². The molecular weight excluding hydrogens is 880 g/mol. The molecule has 2 saturated carbocycles. The average Bonchev–Trinajstić information content (AvgIpc) is 4.05. The second-order valence-corrected chi connectivity index (χ2v) is 47.4. The zero-order valence-electron chi connectivity index (χ0n) is 36.0. The van der Waals surface area contributed by atoms with Crippen molar-refractivity contribution >= 4 is 104 Å². The van der Waals surface area contributed by atoms with Crippen molar-refractivity contribution in [1.29, 1.82) is 0 Å². The number of thiophene rings is 4. The molecular formula is C48H74S4Si2Sn. The summed E-state index contributed by atoms with van der Waals surface area (Å²) in [6.45, 7) is 12.0. The zero-order valence-corrected chi connectivity index (χ0v) is 44.2. The molecule has 3 unspecified atom stereocenters. The van der Waals surface area contributed by atoms with Crippen LogP contribution < -0.4 is 23.6 Å². The molecule has 4 aromatic heterocycles. The monoisotopic (exact) mass is 954 g/mol. The number of rotatable bonds is 15. The molecule has 8 rings (SSSR count). The van der Waals surface area contributed by atoms with Crippen molar-refractivity contribution in [3.63, 3.8) is 0 Å². The molecule has 0 bridgehead atoms. The van der Waals surface area contributed by atoms with Crippen molar-refractivity contribution in [2.75, 3.05) is 0 Å². The van der Waals surface area contributed by atoms with E-state index in [2.05, 4.69) is 107 Å². The second-order valence-electron chi connectivity index (χ2n) is 19.4. The molecule has 2 aliphatic heterocycles. The van der Waals surface area contributed by atoms with Crippen molar-refractivity contribution < 1.29 is 0 Å². The van der Waals surface area contributed by atoms with Gasteiger partial charge in [0.05, 0.1) is 0 Å². The van der Waals surface area contributed by atoms with Crippen LogP contribution in [0.15, 0.2) is 35.0 Å². The van der Waals surface area contributed by atoms with Gasteiger partial charge in [0.15, 0.2) is 0 Å². The summed E-state index contributed by atoms with van der Waals surface area (Å²) in [5.41, 5.74) is 2.00. The molecule has 0 nitrogen and oxygen atoms in total. The van der Waals surface area contributed by atoms with Gasteiger partial charge in [-0.25, -0.2) is 0 Å². The molecule has 0 saturated heterocycles. The van der Waals surface area contributed by atoms with Crippen LogP contribution in [-0.2, 0) is 0 Å². The van der Waals surface area contributed by atoms with E-state index in [1.165, 1.54) is 122 Å². The molecule has 4 aromatic rings. The number of unbranched alkanes of at least 4 members (excludes halogenated alkanes) is 2. The summed E-state index contributed by atoms with van der Waals surface area (Å²) in [6, 6.07) is 13.7. The molecule has 0 spiro atoms. The van der Waals surface area contributed by atoms with Crippen molar-refractivity contribution in [2.45, 2.75) is 188 Å². The molecule has 55 heavy (non-hydrogen) atoms. The van der Waals surface area contributed by atoms with Crippen LogP contribution in [0.3, 0.4) is 0 Å². The van der Waals surface area contributed by atoms with Crippen molar-refractivity contribution in [2.24, 2.45) is 11.8 Å². The Hall–Kier alpha value is 0.0325. The maximum Gasteiger partial charge on any atom is 0.125 e. The maximum absolute atomic E-state index is 2.82. The first-order valence-corrected chi connectivity index (χ1v) is 41.0. The Kier molecular flexibility index (Phi) is 14.7. The van der Waals surface area contributed by atoms with Gasteiger partial charge in [-0.1, -0.05) is 83.8 Å². The number of hydrogen-bond donors (Lipinski definition) is 0. The summed E-state index contributed by atoms with van der Waals surface area (Å²) < 4.78 is 1.83. The van der Waals surface area contributed by atoms with Gasteiger partial charge >= 0.3 is 200 Å². The second kappa shape index (κ2) is 18.7. The fourth-order valence-electron chi connectivity index (χ4n) is 11.9. The predicted molar refractivity (Wildman–Crippen MR) is 263 cm³/mol. The van der Waals surface area contributed by atoms with Gasteiger partial charge in [-0.2, -0.15) is 0 Å². The van der Waals surface area contributed by atoms with Gasteiger partial charge in [0, 0.05) is 9.75 Å². The van der Waals surface area contributed by atoms with Crippen LogP contribution in [0.2, 0.25) is 38.0 Å². The molecule has 0 radical (unpaired) electrons. The normalized spacial score (nSPS) is 21.7. The number of fused-ring (bicyclic) bond motifs is 6. The Labute approximate surface area is 359 Å². The Balaban J connectivity index is 0.000000172. The molecule has 6 heterocycles. The molecule has 2 aliphatic carbocycles. The Bertz CT molecular complexity index is 1780. The first-order chi connectivity index (χ1) is 26.6. The summed E-state index contributed by atoms with van der Waals surface area (Å²) in [6.07, 6.45) is 26.1. The van der Waals surface area contributed by atoms with E-state index >= 15 is 0 Å². The molecule has 0 amide bonds. The minimum absolute atomic E-state index is 0.930. The van der Waals surface area contributed by atoms with E-state index in [1.807, 2.05) is 46.3 Å². The van der Waals surface area contributed by atoms with Crippen molar-refractivity contribution in [3.05, 3.63) is 39.9 Å². The van der Waals surface area contributed by atoms with E-state index in [1.54, 1.807) is 30.4 Å². The van der Waals surface area contributed by atoms with E-state index in [0.29, 0.717) is 0 Å². The van der Waals surface area contributed by atoms with Crippen LogP contribution in [0.4, 0.5) is 0 Å². The van der Waals surface area contributed by atoms with Crippen molar-refractivity contribution in [1.82, 2.24) is 0 Å². The van der Waals surface area contributed by atoms with Crippen LogP contribution in [0, 0.1) is 18.8 Å². The van der Waals surface area contributed by atoms with Gasteiger partial charge in [-0.3, -0.25) is 0 Å². The summed E-state index contributed by atoms with van der Waals surface area (Å²) in [7, 11) is -3.27. The summed E-state index contributed by atoms with van der Waals surface area (Å²) in [4.78, 5) is 16.3. The fraction of sp³-hybridized carbons (Fsp3) is 0.667. The molecule has 302 valence electrons. The van der Waals surface area contributed by atoms with Gasteiger partial charge in [-0.15, -0.1) is 22.7 Å². The minimum Gasteiger partial charge on any atom is -0.143 e. The minimum atomic E-state index is -2.07. The van der Waals surface area contributed by atoms with Crippen LogP contribution in [-0.4, -0.2) is 34.5 Å². The maximum atomic E-state index is 2.82. The van der Waals surface area contributed by atoms with Gasteiger partial charge in [0.1, 0.15) is 8.07 Å². The SMILES string of the molecule is CCCCC(CC)C[Si]1(C2CCCCC2)c2cc(C)sc2-c2s[c]([Sn]([CH3])([CH3])[CH3])cc21.CCCCC(CC)C[Si]1(C2CCCCC2)c2ccsc2-c2sccc21. The third-order valence-corrected chi connectivity index (χ3v) is 41.3. The summed E-state index contributed by atoms with van der Waals surface area (Å²) in [5.74, 6) is 1.87. The predicted octanol–water partition coefficient (Wildman–Crippen LogP) is 14.7. The topological polar surface area (TPSA) is 0 Å². The molecule has 2 fully saturated rings. The summed E-state index contributed by atoms with van der Waals surface area (Å²) in [5, 5.41) is 12.3. The number of hydrogen-bond acceptors (Lipinski definition) is 4. The van der Waals surface area contributed by atoms with Crippen molar-refractivity contribution in [3.8, 4) is 19.5 Å². The molecule has 0 N–H and O–H groups in total. The van der Waals surface area contributed by atoms with Crippen LogP contribution in [0.1, 0.15) is 148 Å². The zero-order chi connectivity index (χ0) is 38.8. The van der Waals surface area contributed by atoms with E-state index in [0.717, 1.165) is 22.9 Å². The Morgan fingerprint density at radius 1 is 0.600 bits per heavy atom. The van der Waals surface area contributed by atoms with E-state index < -0.39 is 34.5 Å². The molecule has 7 heteroatoms. The van der Waals surface area contributed by atoms with Crippen LogP contribution >= 0.6 is 45.3 Å². The largest absolute Gasteiger partial charge is 0.143 e. The third-order valence-electron chi connectivity index (χ3n) is 14.9. The van der Waals surface area contributed by atoms with Gasteiger partial charge < -0.3 is 0 Å². The Morgan fingerprint density at radius 2 is 1.05 bits per heavy atom. The van der Waals surface area contributed by atoms with Crippen LogP contribution in [0.5, 0.6) is 0 Å². The standard InChI is InChI=1S/C23H33S2Si.C22H32S2Si.3CH3.Sn/c1-4-6-10-18(5-2)16-26(19-11-8-7-9-12-19)20-13-14-24-22(20)23-21(26)15-17(3)25-23;1-3-5-9-17(4-2)16-25(18-10-7-6-8-11-18)19-12-14-23-21(19)22-20(25)13-15-24-22;;;;/h13,15,18-19H,4-12,16H2,1-3H3;12-15,17-18H,3-11,16H2,1-2H3;3*1H3;. The Morgan fingerprint density at radius 3 is 1.51 bits per heavy atom. The van der Waals surface area contributed by atoms with E-state index in [9.17, 15) is 0 Å². The van der Waals surface area contributed by atoms with E-state index in [4.69, 9.17) is 0 Å². The van der Waals surface area contributed by atoms with Gasteiger partial charge in [0.25, 0.3) is 0 Å². The van der Waals surface area contributed by atoms with Crippen LogP contribution in [0.25, 0.3) is 19.5 Å². The smallest absolute Gasteiger partial charge is 0.125 e. The third kappa shape index (κ3) is 8.39. The summed E-state index contributed by atoms with van der Waals surface area (Å²) >= 11 is 6.35. The van der Waals surface area contributed by atoms with Gasteiger partial charge in [-0.05, 0) is 38.6 Å². The fourth-order valence-corrected chi connectivity index (χ4v) is 38.3. The molecule has 0 aromatic carbocycles. The number of aryl methyl sites for hydroxylation is 1. The van der Waals surface area contributed by atoms with Gasteiger partial charge in [0.2, 0.25) is 0 Å². The molecule has 4 aliphatic rings. The average molecular weight is 954 g/mol. The quantitative estimate of drug-likeness (QED) is 0.104.